The Labute approximate surface area is 153 Å². The molecule has 128 valence electrons. The van der Waals surface area contributed by atoms with Gasteiger partial charge < -0.3 is 5.11 Å². The largest absolute Gasteiger partial charge is 0.377 e. The van der Waals surface area contributed by atoms with Gasteiger partial charge in [-0.1, -0.05) is 30.6 Å². The van der Waals surface area contributed by atoms with Crippen molar-refractivity contribution in [1.29, 1.82) is 0 Å². The third kappa shape index (κ3) is 1.91. The maximum absolute atomic E-state index is 12.4. The number of carbonyl (C=O) groups excluding carboxylic acids is 1. The number of rotatable bonds is 1. The number of carbonyl (C=O) groups is 1. The van der Waals surface area contributed by atoms with Crippen LogP contribution in [-0.2, 0) is 4.79 Å². The molecule has 0 aromatic heterocycles. The van der Waals surface area contributed by atoms with Gasteiger partial charge in [-0.05, 0) is 74.6 Å². The Bertz CT molecular complexity index is 917. The number of terminal acetylenes is 1. The first-order valence-corrected chi connectivity index (χ1v) is 8.85. The molecule has 1 N–H and O–H groups in total. The summed E-state index contributed by atoms with van der Waals surface area (Å²) in [5.41, 5.74) is -1.53. The van der Waals surface area contributed by atoms with Crippen molar-refractivity contribution < 1.29 is 18.1 Å². The van der Waals surface area contributed by atoms with Crippen LogP contribution in [0.1, 0.15) is 66.4 Å². The fourth-order valence-electron chi connectivity index (χ4n) is 5.95. The highest BCUT2D eigenvalue weighted by atomic mass is 16.3. The summed E-state index contributed by atoms with van der Waals surface area (Å²) in [6.07, 6.45) is 2.78. The van der Waals surface area contributed by atoms with Gasteiger partial charge in [-0.25, -0.2) is 0 Å². The van der Waals surface area contributed by atoms with Gasteiger partial charge in [0.05, 0.1) is 1.37 Å². The Morgan fingerprint density at radius 1 is 1.54 bits per heavy atom. The van der Waals surface area contributed by atoms with Crippen molar-refractivity contribution in [3.8, 4) is 12.3 Å². The SMILES string of the molecule is [2H]C1=C2C([2H])([2H])C[C@H]3[C@@H]4CC[C@@](O)(C#C)[C@@]4(CC)CC(=C)[C@@H]3[C@@]2([2H])CC([2H])([2H])C1=O. The van der Waals surface area contributed by atoms with E-state index >= 15 is 0 Å². The molecule has 3 fully saturated rings. The van der Waals surface area contributed by atoms with E-state index in [0.717, 1.165) is 0 Å². The van der Waals surface area contributed by atoms with Crippen LogP contribution in [0.25, 0.3) is 0 Å². The number of aliphatic hydroxyl groups is 1. The Morgan fingerprint density at radius 3 is 3.04 bits per heavy atom. The monoisotopic (exact) mass is 330 g/mol. The first-order valence-electron chi connectivity index (χ1n) is 11.9. The zero-order valence-corrected chi connectivity index (χ0v) is 14.1. The summed E-state index contributed by atoms with van der Waals surface area (Å²) in [7, 11) is 0. The number of allylic oxidation sites excluding steroid dienone is 2. The molecule has 2 heteroatoms. The molecular formula is C22H28O2. The van der Waals surface area contributed by atoms with Gasteiger partial charge in [0.2, 0.25) is 0 Å². The summed E-state index contributed by atoms with van der Waals surface area (Å²) >= 11 is 0. The summed E-state index contributed by atoms with van der Waals surface area (Å²) in [4.78, 5) is 12.4. The highest BCUT2D eigenvalue weighted by Crippen LogP contribution is 2.67. The van der Waals surface area contributed by atoms with Crippen LogP contribution in [0.4, 0.5) is 0 Å². The lowest BCUT2D eigenvalue weighted by atomic mass is 9.48. The van der Waals surface area contributed by atoms with Crippen LogP contribution in [0.15, 0.2) is 23.8 Å². The zero-order chi connectivity index (χ0) is 22.5. The molecule has 0 aliphatic heterocycles. The van der Waals surface area contributed by atoms with Gasteiger partial charge in [-0.15, -0.1) is 6.42 Å². The summed E-state index contributed by atoms with van der Waals surface area (Å²) in [6, 6.07) is -0.698. The Kier molecular flexibility index (Phi) is 2.36. The smallest absolute Gasteiger partial charge is 0.155 e. The lowest BCUT2D eigenvalue weighted by molar-refractivity contribution is -0.116. The quantitative estimate of drug-likeness (QED) is 0.582. The van der Waals surface area contributed by atoms with Crippen LogP contribution >= 0.6 is 0 Å². The van der Waals surface area contributed by atoms with Gasteiger partial charge >= 0.3 is 0 Å². The molecule has 0 heterocycles. The van der Waals surface area contributed by atoms with E-state index in [1.165, 1.54) is 0 Å². The van der Waals surface area contributed by atoms with E-state index in [-0.39, 0.29) is 23.8 Å². The topological polar surface area (TPSA) is 37.3 Å². The molecular weight excluding hydrogens is 296 g/mol. The van der Waals surface area contributed by atoms with Crippen molar-refractivity contribution in [2.75, 3.05) is 0 Å². The lowest BCUT2D eigenvalue weighted by Crippen LogP contribution is -2.54. The molecule has 0 saturated heterocycles. The van der Waals surface area contributed by atoms with E-state index in [4.69, 9.17) is 13.3 Å². The molecule has 0 amide bonds. The first kappa shape index (κ1) is 10.6. The molecule has 2 nitrogen and oxygen atoms in total. The summed E-state index contributed by atoms with van der Waals surface area (Å²) in [5, 5.41) is 11.3. The first-order chi connectivity index (χ1) is 13.7. The second kappa shape index (κ2) is 5.33. The Morgan fingerprint density at radius 2 is 2.33 bits per heavy atom. The van der Waals surface area contributed by atoms with Crippen LogP contribution in [0.2, 0.25) is 0 Å². The molecule has 0 aromatic carbocycles. The van der Waals surface area contributed by atoms with E-state index in [1.807, 2.05) is 6.92 Å². The minimum Gasteiger partial charge on any atom is -0.377 e. The second-order valence-corrected chi connectivity index (χ2v) is 7.72. The molecule has 0 unspecified atom stereocenters. The molecule has 6 atom stereocenters. The average Bonchev–Trinajstić information content (AvgIpc) is 2.92. The molecule has 4 aliphatic rings. The molecule has 0 bridgehead atoms. The summed E-state index contributed by atoms with van der Waals surface area (Å²) in [5.74, 6) is -1.28. The van der Waals surface area contributed by atoms with Crippen molar-refractivity contribution in [1.82, 2.24) is 0 Å². The molecule has 0 radical (unpaired) electrons. The van der Waals surface area contributed by atoms with E-state index in [9.17, 15) is 11.3 Å². The second-order valence-electron chi connectivity index (χ2n) is 7.72. The fraction of sp³-hybridized carbons (Fsp3) is 0.682. The van der Waals surface area contributed by atoms with Gasteiger partial charge in [0.25, 0.3) is 0 Å². The van der Waals surface area contributed by atoms with Gasteiger partial charge in [-0.2, -0.15) is 0 Å². The van der Waals surface area contributed by atoms with Crippen LogP contribution < -0.4 is 0 Å². The van der Waals surface area contributed by atoms with Crippen molar-refractivity contribution >= 4 is 5.78 Å². The van der Waals surface area contributed by atoms with E-state index < -0.39 is 53.8 Å². The third-order valence-electron chi connectivity index (χ3n) is 7.04. The Balaban J connectivity index is 1.92. The normalized spacial score (nSPS) is 58.6. The standard InChI is InChI=1S/C22H28O2/c1-4-21-13-14(3)20-17-9-7-16(23)12-15(17)6-8-18(20)19(21)10-11-22(21,24)5-2/h2,12,17-20,24H,3-4,6-11,13H2,1H3/t17-,18-,19-,20+,21-,22-/m0/s1/i6D2,7D2,12D,17D. The molecule has 4 rings (SSSR count). The van der Waals surface area contributed by atoms with Crippen LogP contribution in [0.5, 0.6) is 0 Å². The van der Waals surface area contributed by atoms with Crippen LogP contribution in [0.3, 0.4) is 0 Å². The van der Waals surface area contributed by atoms with Gasteiger partial charge in [0.1, 0.15) is 5.60 Å². The van der Waals surface area contributed by atoms with Crippen LogP contribution in [0, 0.1) is 41.4 Å². The number of fused-ring (bicyclic) bond motifs is 5. The molecule has 0 spiro atoms. The van der Waals surface area contributed by atoms with Crippen molar-refractivity contribution in [2.24, 2.45) is 29.1 Å². The van der Waals surface area contributed by atoms with Crippen molar-refractivity contribution in [2.45, 2.75) is 63.8 Å². The number of hydrogen-bond donors (Lipinski definition) is 1. The third-order valence-corrected chi connectivity index (χ3v) is 7.04. The lowest BCUT2D eigenvalue weighted by Gasteiger charge is -2.56. The highest BCUT2D eigenvalue weighted by Gasteiger charge is 2.64. The minimum absolute atomic E-state index is 0.0123. The summed E-state index contributed by atoms with van der Waals surface area (Å²) in [6.45, 7) is 6.18. The molecule has 0 aromatic rings. The average molecular weight is 331 g/mol. The highest BCUT2D eigenvalue weighted by molar-refractivity contribution is 5.91. The minimum atomic E-state index is -2.39. The summed E-state index contributed by atoms with van der Waals surface area (Å²) < 4.78 is 51.3. The maximum Gasteiger partial charge on any atom is 0.155 e. The molecule has 4 aliphatic carbocycles. The molecule has 3 saturated carbocycles. The van der Waals surface area contributed by atoms with Crippen molar-refractivity contribution in [3.05, 3.63) is 23.8 Å². The Hall–Kier alpha value is -1.33. The predicted octanol–water partition coefficient (Wildman–Crippen LogP) is 4.05. The van der Waals surface area contributed by atoms with Gasteiger partial charge in [-0.3, -0.25) is 4.79 Å². The van der Waals surface area contributed by atoms with E-state index in [2.05, 4.69) is 12.5 Å². The number of ketones is 1. The van der Waals surface area contributed by atoms with Crippen LogP contribution in [-0.4, -0.2) is 16.5 Å². The maximum atomic E-state index is 12.4. The van der Waals surface area contributed by atoms with Gasteiger partial charge in [0, 0.05) is 18.6 Å². The predicted molar refractivity (Wildman–Crippen MR) is 95.0 cm³/mol. The zero-order valence-electron chi connectivity index (χ0n) is 20.1. The van der Waals surface area contributed by atoms with Crippen molar-refractivity contribution in [3.63, 3.8) is 0 Å². The van der Waals surface area contributed by atoms with Gasteiger partial charge in [0.15, 0.2) is 5.78 Å². The fourth-order valence-corrected chi connectivity index (χ4v) is 5.95. The number of hydrogen-bond acceptors (Lipinski definition) is 2. The van der Waals surface area contributed by atoms with E-state index in [0.29, 0.717) is 31.3 Å². The van der Waals surface area contributed by atoms with E-state index in [1.54, 1.807) is 0 Å². The molecule has 24 heavy (non-hydrogen) atoms.